The van der Waals surface area contributed by atoms with Crippen molar-refractivity contribution in [1.82, 2.24) is 0 Å². The number of hydrogen-bond acceptors (Lipinski definition) is 2. The fraction of sp³-hybridized carbons (Fsp3) is 0.714. The Morgan fingerprint density at radius 2 is 1.92 bits per heavy atom. The first-order valence-corrected chi connectivity index (χ1v) is 12.1. The molecule has 1 atom stereocenters. The van der Waals surface area contributed by atoms with Crippen molar-refractivity contribution in [2.24, 2.45) is 5.41 Å². The van der Waals surface area contributed by atoms with Crippen LogP contribution in [-0.2, 0) is 4.43 Å². The summed E-state index contributed by atoms with van der Waals surface area (Å²) in [5.74, 6) is 0. The highest BCUT2D eigenvalue weighted by molar-refractivity contribution is 6.74. The van der Waals surface area contributed by atoms with Gasteiger partial charge in [0.05, 0.1) is 12.7 Å². The van der Waals surface area contributed by atoms with E-state index < -0.39 is 8.32 Å². The van der Waals surface area contributed by atoms with Crippen molar-refractivity contribution >= 4 is 8.32 Å². The lowest BCUT2D eigenvalue weighted by atomic mass is 9.71. The fourth-order valence-electron chi connectivity index (χ4n) is 3.01. The van der Waals surface area contributed by atoms with Gasteiger partial charge < -0.3 is 9.53 Å². The van der Waals surface area contributed by atoms with Crippen LogP contribution in [-0.4, -0.2) is 26.1 Å². The van der Waals surface area contributed by atoms with E-state index in [-0.39, 0.29) is 23.2 Å². The number of allylic oxidation sites excluding steroid dienone is 4. The lowest BCUT2D eigenvalue weighted by Crippen LogP contribution is -2.45. The molecule has 0 saturated heterocycles. The molecule has 0 aromatic heterocycles. The van der Waals surface area contributed by atoms with Crippen LogP contribution in [0.15, 0.2) is 34.9 Å². The summed E-state index contributed by atoms with van der Waals surface area (Å²) in [6.45, 7) is 20.6. The molecule has 0 spiro atoms. The molecule has 0 aromatic carbocycles. The van der Waals surface area contributed by atoms with E-state index >= 15 is 0 Å². The van der Waals surface area contributed by atoms with E-state index in [4.69, 9.17) is 9.53 Å². The van der Waals surface area contributed by atoms with Crippen LogP contribution in [0.5, 0.6) is 0 Å². The molecule has 138 valence electrons. The van der Waals surface area contributed by atoms with Crippen LogP contribution in [0.4, 0.5) is 0 Å². The molecule has 1 N–H and O–H groups in total. The Morgan fingerprint density at radius 3 is 2.42 bits per heavy atom. The third kappa shape index (κ3) is 5.17. The summed E-state index contributed by atoms with van der Waals surface area (Å²) in [6.07, 6.45) is 8.68. The average Bonchev–Trinajstić information content (AvgIpc) is 2.40. The third-order valence-corrected chi connectivity index (χ3v) is 10.3. The van der Waals surface area contributed by atoms with Gasteiger partial charge in [-0.05, 0) is 61.4 Å². The van der Waals surface area contributed by atoms with Crippen LogP contribution < -0.4 is 0 Å². The van der Waals surface area contributed by atoms with E-state index in [1.165, 1.54) is 11.1 Å². The molecule has 1 aliphatic rings. The molecule has 0 fully saturated rings. The van der Waals surface area contributed by atoms with E-state index in [0.29, 0.717) is 0 Å². The zero-order chi connectivity index (χ0) is 18.8. The molecule has 0 amide bonds. The maximum atomic E-state index is 9.04. The van der Waals surface area contributed by atoms with Crippen molar-refractivity contribution in [2.75, 3.05) is 6.61 Å². The fourth-order valence-corrected chi connectivity index (χ4v) is 4.37. The molecular formula is C21H38O2Si. The van der Waals surface area contributed by atoms with Crippen molar-refractivity contribution in [3.63, 3.8) is 0 Å². The van der Waals surface area contributed by atoms with Crippen molar-refractivity contribution in [1.29, 1.82) is 0 Å². The third-order valence-electron chi connectivity index (χ3n) is 5.84. The minimum Gasteiger partial charge on any atom is -0.410 e. The molecule has 1 unspecified atom stereocenters. The lowest BCUT2D eigenvalue weighted by Gasteiger charge is -2.44. The quantitative estimate of drug-likeness (QED) is 0.486. The van der Waals surface area contributed by atoms with Gasteiger partial charge in [-0.25, -0.2) is 0 Å². The van der Waals surface area contributed by atoms with Gasteiger partial charge in [0.2, 0.25) is 0 Å². The summed E-state index contributed by atoms with van der Waals surface area (Å²) >= 11 is 0. The van der Waals surface area contributed by atoms with Gasteiger partial charge in [0, 0.05) is 0 Å². The second kappa shape index (κ2) is 7.71. The monoisotopic (exact) mass is 350 g/mol. The van der Waals surface area contributed by atoms with Crippen LogP contribution >= 0.6 is 0 Å². The Balaban J connectivity index is 3.15. The number of hydrogen-bond donors (Lipinski definition) is 1. The highest BCUT2D eigenvalue weighted by Crippen LogP contribution is 2.45. The Kier molecular flexibility index (Phi) is 6.88. The maximum absolute atomic E-state index is 9.04. The minimum absolute atomic E-state index is 0.0920. The van der Waals surface area contributed by atoms with Gasteiger partial charge in [0.1, 0.15) is 0 Å². The van der Waals surface area contributed by atoms with Crippen molar-refractivity contribution in [3.8, 4) is 0 Å². The molecule has 0 aromatic rings. The maximum Gasteiger partial charge on any atom is 0.192 e. The Hall–Kier alpha value is -0.643. The molecule has 3 heteroatoms. The molecule has 24 heavy (non-hydrogen) atoms. The first-order chi connectivity index (χ1) is 10.8. The van der Waals surface area contributed by atoms with Crippen molar-refractivity contribution in [2.45, 2.75) is 85.5 Å². The van der Waals surface area contributed by atoms with Gasteiger partial charge in [-0.2, -0.15) is 0 Å². The Morgan fingerprint density at radius 1 is 1.33 bits per heavy atom. The van der Waals surface area contributed by atoms with E-state index in [1.54, 1.807) is 0 Å². The van der Waals surface area contributed by atoms with E-state index in [0.717, 1.165) is 18.4 Å². The van der Waals surface area contributed by atoms with Crippen LogP contribution in [0.1, 0.15) is 61.3 Å². The summed E-state index contributed by atoms with van der Waals surface area (Å²) < 4.78 is 6.73. The molecule has 0 heterocycles. The smallest absolute Gasteiger partial charge is 0.192 e. The Labute approximate surface area is 150 Å². The van der Waals surface area contributed by atoms with Crippen LogP contribution in [0.2, 0.25) is 18.1 Å². The van der Waals surface area contributed by atoms with Gasteiger partial charge in [0.25, 0.3) is 0 Å². The molecule has 0 aliphatic heterocycles. The summed E-state index contributed by atoms with van der Waals surface area (Å²) in [5, 5.41) is 9.27. The first-order valence-electron chi connectivity index (χ1n) is 9.16. The van der Waals surface area contributed by atoms with Crippen LogP contribution in [0.3, 0.4) is 0 Å². The molecular weight excluding hydrogens is 312 g/mol. The average molecular weight is 351 g/mol. The molecule has 0 bridgehead atoms. The SMILES string of the molecule is CC1=C(/C=C/C(C)=C/CO)C(C)(C)CCC1O[Si](C)(C)C(C)(C)C. The Bertz CT molecular complexity index is 531. The summed E-state index contributed by atoms with van der Waals surface area (Å²) in [4.78, 5) is 0. The number of aliphatic hydroxyl groups excluding tert-OH is 1. The van der Waals surface area contributed by atoms with E-state index in [2.05, 4.69) is 66.8 Å². The molecule has 1 rings (SSSR count). The molecule has 2 nitrogen and oxygen atoms in total. The topological polar surface area (TPSA) is 29.5 Å². The second-order valence-electron chi connectivity index (χ2n) is 9.35. The highest BCUT2D eigenvalue weighted by atomic mass is 28.4. The number of rotatable bonds is 5. The van der Waals surface area contributed by atoms with Gasteiger partial charge in [-0.15, -0.1) is 0 Å². The van der Waals surface area contributed by atoms with E-state index in [1.807, 2.05) is 13.0 Å². The molecule has 0 radical (unpaired) electrons. The lowest BCUT2D eigenvalue weighted by molar-refractivity contribution is 0.168. The second-order valence-corrected chi connectivity index (χ2v) is 14.1. The highest BCUT2D eigenvalue weighted by Gasteiger charge is 2.41. The standard InChI is InChI=1S/C21H38O2Si/c1-16(13-15-22)10-11-18-17(2)19(12-14-21(18,6)7)23-24(8,9)20(3,4)5/h10-11,13,19,22H,12,14-15H2,1-9H3/b11-10+,16-13+. The van der Waals surface area contributed by atoms with Crippen LogP contribution in [0.25, 0.3) is 0 Å². The zero-order valence-electron chi connectivity index (χ0n) is 17.3. The van der Waals surface area contributed by atoms with Crippen LogP contribution in [0, 0.1) is 5.41 Å². The summed E-state index contributed by atoms with van der Waals surface area (Å²) in [6, 6.07) is 0. The van der Waals surface area contributed by atoms with Crippen molar-refractivity contribution in [3.05, 3.63) is 34.9 Å². The summed E-state index contributed by atoms with van der Waals surface area (Å²) in [7, 11) is -1.77. The van der Waals surface area contributed by atoms with Gasteiger partial charge >= 0.3 is 0 Å². The predicted molar refractivity (Wildman–Crippen MR) is 108 cm³/mol. The van der Waals surface area contributed by atoms with Gasteiger partial charge in [0.15, 0.2) is 8.32 Å². The summed E-state index contributed by atoms with van der Waals surface area (Å²) in [5.41, 5.74) is 4.04. The largest absolute Gasteiger partial charge is 0.410 e. The van der Waals surface area contributed by atoms with E-state index in [9.17, 15) is 0 Å². The zero-order valence-corrected chi connectivity index (χ0v) is 18.3. The van der Waals surface area contributed by atoms with Gasteiger partial charge in [-0.1, -0.05) is 58.4 Å². The van der Waals surface area contributed by atoms with Crippen molar-refractivity contribution < 1.29 is 9.53 Å². The normalized spacial score (nSPS) is 23.2. The molecule has 1 aliphatic carbocycles. The predicted octanol–water partition coefficient (Wildman–Crippen LogP) is 6.01. The first kappa shape index (κ1) is 21.4. The van der Waals surface area contributed by atoms with Gasteiger partial charge in [-0.3, -0.25) is 0 Å². The minimum atomic E-state index is -1.77. The molecule has 0 saturated carbocycles. The number of aliphatic hydroxyl groups is 1.